The van der Waals surface area contributed by atoms with Crippen molar-refractivity contribution in [2.24, 2.45) is 11.3 Å². The molecule has 2 amide bonds. The van der Waals surface area contributed by atoms with Gasteiger partial charge in [0.1, 0.15) is 12.4 Å². The Hall–Kier alpha value is -3.07. The zero-order valence-corrected chi connectivity index (χ0v) is 19.7. The van der Waals surface area contributed by atoms with E-state index in [0.29, 0.717) is 29.4 Å². The van der Waals surface area contributed by atoms with E-state index in [2.05, 4.69) is 10.0 Å². The number of hydrogen-bond donors (Lipinski definition) is 2. The van der Waals surface area contributed by atoms with Crippen LogP contribution in [0.15, 0.2) is 47.4 Å². The van der Waals surface area contributed by atoms with E-state index in [0.717, 1.165) is 0 Å². The fourth-order valence-electron chi connectivity index (χ4n) is 3.39. The van der Waals surface area contributed by atoms with E-state index in [1.807, 2.05) is 27.7 Å². The first-order valence-corrected chi connectivity index (χ1v) is 11.9. The lowest BCUT2D eigenvalue weighted by Crippen LogP contribution is -2.43. The molecule has 0 spiro atoms. The van der Waals surface area contributed by atoms with Gasteiger partial charge in [-0.2, -0.15) is 0 Å². The summed E-state index contributed by atoms with van der Waals surface area (Å²) in [5.41, 5.74) is 0.655. The van der Waals surface area contributed by atoms with Gasteiger partial charge in [-0.05, 0) is 62.2 Å². The summed E-state index contributed by atoms with van der Waals surface area (Å²) in [5, 5.41) is 2.60. The molecule has 1 aliphatic heterocycles. The Morgan fingerprint density at radius 2 is 1.75 bits per heavy atom. The molecule has 0 atom stereocenters. The second kappa shape index (κ2) is 8.82. The van der Waals surface area contributed by atoms with E-state index in [-0.39, 0.29) is 29.2 Å². The van der Waals surface area contributed by atoms with Gasteiger partial charge in [0.15, 0.2) is 0 Å². The standard InChI is InChI=1S/C23H29N3O5S/c1-15(2)13-26-20-12-18(8-11-21(20)31-14-23(4,5)22(26)28)25-32(29,30)19-9-6-17(7-10-19)24-16(3)27/h6-12,15,25H,13-14H2,1-5H3,(H,24,27). The van der Waals surface area contributed by atoms with Crippen molar-refractivity contribution < 1.29 is 22.7 Å². The SMILES string of the molecule is CC(=O)Nc1ccc(S(=O)(=O)Nc2ccc3c(c2)N(CC(C)C)C(=O)C(C)(C)CO3)cc1. The maximum atomic E-state index is 13.2. The molecule has 2 aromatic rings. The van der Waals surface area contributed by atoms with Crippen molar-refractivity contribution >= 4 is 38.9 Å². The molecule has 0 aliphatic carbocycles. The van der Waals surface area contributed by atoms with Gasteiger partial charge in [-0.25, -0.2) is 8.42 Å². The van der Waals surface area contributed by atoms with E-state index in [9.17, 15) is 18.0 Å². The largest absolute Gasteiger partial charge is 0.490 e. The van der Waals surface area contributed by atoms with Crippen LogP contribution in [0.3, 0.4) is 0 Å². The molecule has 0 fully saturated rings. The molecule has 3 rings (SSSR count). The van der Waals surface area contributed by atoms with Crippen LogP contribution in [0.5, 0.6) is 5.75 Å². The zero-order chi connectivity index (χ0) is 23.7. The number of amides is 2. The number of nitrogens with zero attached hydrogens (tertiary/aromatic N) is 1. The minimum atomic E-state index is -3.88. The highest BCUT2D eigenvalue weighted by Gasteiger charge is 2.38. The Balaban J connectivity index is 1.92. The second-order valence-corrected chi connectivity index (χ2v) is 10.7. The predicted molar refractivity (Wildman–Crippen MR) is 124 cm³/mol. The lowest BCUT2D eigenvalue weighted by Gasteiger charge is -2.29. The third kappa shape index (κ3) is 5.21. The van der Waals surface area contributed by atoms with Gasteiger partial charge in [0.25, 0.3) is 10.0 Å². The Labute approximate surface area is 189 Å². The van der Waals surface area contributed by atoms with Crippen molar-refractivity contribution in [1.82, 2.24) is 0 Å². The number of ether oxygens (including phenoxy) is 1. The number of rotatable bonds is 6. The number of anilines is 3. The van der Waals surface area contributed by atoms with Crippen molar-refractivity contribution in [3.05, 3.63) is 42.5 Å². The quantitative estimate of drug-likeness (QED) is 0.683. The molecular weight excluding hydrogens is 430 g/mol. The first-order chi connectivity index (χ1) is 14.9. The topological polar surface area (TPSA) is 105 Å². The average molecular weight is 460 g/mol. The molecule has 0 radical (unpaired) electrons. The summed E-state index contributed by atoms with van der Waals surface area (Å²) in [4.78, 5) is 26.0. The highest BCUT2D eigenvalue weighted by Crippen LogP contribution is 2.39. The Morgan fingerprint density at radius 1 is 1.12 bits per heavy atom. The monoisotopic (exact) mass is 459 g/mol. The van der Waals surface area contributed by atoms with Gasteiger partial charge in [-0.1, -0.05) is 13.8 Å². The third-order valence-corrected chi connectivity index (χ3v) is 6.34. The molecule has 9 heteroatoms. The Morgan fingerprint density at radius 3 is 2.34 bits per heavy atom. The lowest BCUT2D eigenvalue weighted by molar-refractivity contribution is -0.127. The number of carbonyl (C=O) groups is 2. The highest BCUT2D eigenvalue weighted by molar-refractivity contribution is 7.92. The number of sulfonamides is 1. The molecule has 0 bridgehead atoms. The molecule has 0 saturated carbocycles. The van der Waals surface area contributed by atoms with Gasteiger partial charge in [-0.15, -0.1) is 0 Å². The van der Waals surface area contributed by atoms with E-state index in [4.69, 9.17) is 4.74 Å². The summed E-state index contributed by atoms with van der Waals surface area (Å²) in [6.45, 7) is 9.80. The first kappa shape index (κ1) is 23.6. The van der Waals surface area contributed by atoms with E-state index in [1.165, 1.54) is 31.2 Å². The lowest BCUT2D eigenvalue weighted by atomic mass is 9.92. The van der Waals surface area contributed by atoms with Crippen molar-refractivity contribution in [2.45, 2.75) is 39.5 Å². The second-order valence-electron chi connectivity index (χ2n) is 8.98. The van der Waals surface area contributed by atoms with E-state index >= 15 is 0 Å². The van der Waals surface area contributed by atoms with Crippen LogP contribution in [-0.4, -0.2) is 33.4 Å². The molecule has 32 heavy (non-hydrogen) atoms. The van der Waals surface area contributed by atoms with Crippen molar-refractivity contribution in [1.29, 1.82) is 0 Å². The minimum absolute atomic E-state index is 0.0500. The molecule has 172 valence electrons. The van der Waals surface area contributed by atoms with Crippen molar-refractivity contribution in [3.8, 4) is 5.75 Å². The molecule has 0 aromatic heterocycles. The summed E-state index contributed by atoms with van der Waals surface area (Å²) in [6.07, 6.45) is 0. The highest BCUT2D eigenvalue weighted by atomic mass is 32.2. The van der Waals surface area contributed by atoms with Crippen LogP contribution < -0.4 is 19.7 Å². The number of benzene rings is 2. The van der Waals surface area contributed by atoms with Crippen molar-refractivity contribution in [3.63, 3.8) is 0 Å². The van der Waals surface area contributed by atoms with Crippen LogP contribution >= 0.6 is 0 Å². The molecule has 0 saturated heterocycles. The average Bonchev–Trinajstić information content (AvgIpc) is 2.78. The number of hydrogen-bond acceptors (Lipinski definition) is 5. The maximum absolute atomic E-state index is 13.2. The van der Waals surface area contributed by atoms with E-state index < -0.39 is 15.4 Å². The summed E-state index contributed by atoms with van der Waals surface area (Å²) in [7, 11) is -3.88. The molecule has 8 nitrogen and oxygen atoms in total. The van der Waals surface area contributed by atoms with Gasteiger partial charge in [0.2, 0.25) is 11.8 Å². The number of carbonyl (C=O) groups excluding carboxylic acids is 2. The van der Waals surface area contributed by atoms with Gasteiger partial charge in [0.05, 0.1) is 21.7 Å². The van der Waals surface area contributed by atoms with Crippen LogP contribution in [-0.2, 0) is 19.6 Å². The third-order valence-electron chi connectivity index (χ3n) is 4.95. The van der Waals surface area contributed by atoms with Gasteiger partial charge >= 0.3 is 0 Å². The molecule has 0 unspecified atom stereocenters. The summed E-state index contributed by atoms with van der Waals surface area (Å²) in [5.74, 6) is 0.434. The molecule has 1 heterocycles. The number of fused-ring (bicyclic) bond motifs is 1. The predicted octanol–water partition coefficient (Wildman–Crippen LogP) is 3.85. The fourth-order valence-corrected chi connectivity index (χ4v) is 4.44. The Kier molecular flexibility index (Phi) is 6.50. The zero-order valence-electron chi connectivity index (χ0n) is 18.9. The van der Waals surface area contributed by atoms with Gasteiger partial charge in [0, 0.05) is 19.2 Å². The maximum Gasteiger partial charge on any atom is 0.261 e. The van der Waals surface area contributed by atoms with E-state index in [1.54, 1.807) is 23.1 Å². The van der Waals surface area contributed by atoms with Crippen LogP contribution in [0.2, 0.25) is 0 Å². The first-order valence-electron chi connectivity index (χ1n) is 10.4. The molecule has 1 aliphatic rings. The van der Waals surface area contributed by atoms with Crippen LogP contribution in [0, 0.1) is 11.3 Å². The minimum Gasteiger partial charge on any atom is -0.490 e. The molecule has 2 N–H and O–H groups in total. The molecular formula is C23H29N3O5S. The summed E-state index contributed by atoms with van der Waals surface area (Å²) >= 11 is 0. The van der Waals surface area contributed by atoms with Crippen LogP contribution in [0.25, 0.3) is 0 Å². The number of nitrogens with one attached hydrogen (secondary N) is 2. The van der Waals surface area contributed by atoms with Crippen LogP contribution in [0.1, 0.15) is 34.6 Å². The fraction of sp³-hybridized carbons (Fsp3) is 0.391. The molecule has 2 aromatic carbocycles. The normalized spacial score (nSPS) is 15.6. The Bertz CT molecular complexity index is 1120. The van der Waals surface area contributed by atoms with Gasteiger partial charge < -0.3 is 15.0 Å². The van der Waals surface area contributed by atoms with Crippen molar-refractivity contribution in [2.75, 3.05) is 28.1 Å². The van der Waals surface area contributed by atoms with Gasteiger partial charge in [-0.3, -0.25) is 14.3 Å². The summed E-state index contributed by atoms with van der Waals surface area (Å²) < 4.78 is 34.2. The summed E-state index contributed by atoms with van der Waals surface area (Å²) in [6, 6.07) is 10.8. The van der Waals surface area contributed by atoms with Crippen LogP contribution in [0.4, 0.5) is 17.1 Å². The smallest absolute Gasteiger partial charge is 0.261 e.